The van der Waals surface area contributed by atoms with Crippen LogP contribution in [0.15, 0.2) is 46.2 Å². The minimum Gasteiger partial charge on any atom is -0.418 e. The van der Waals surface area contributed by atoms with E-state index >= 15 is 0 Å². The number of benzene rings is 1. The van der Waals surface area contributed by atoms with Crippen LogP contribution in [0.5, 0.6) is 0 Å². The van der Waals surface area contributed by atoms with E-state index in [1.54, 1.807) is 11.3 Å². The lowest BCUT2D eigenvalue weighted by atomic mass is 10.1. The first-order valence-electron chi connectivity index (χ1n) is 7.45. The molecule has 2 heterocycles. The summed E-state index contributed by atoms with van der Waals surface area (Å²) >= 11 is 1.58. The Kier molecular flexibility index (Phi) is 4.83. The molecule has 6 heteroatoms. The third kappa shape index (κ3) is 3.83. The molecule has 1 atom stereocenters. The molecule has 0 unspecified atom stereocenters. The predicted octanol–water partition coefficient (Wildman–Crippen LogP) is 4.17. The van der Waals surface area contributed by atoms with Gasteiger partial charge in [0.25, 0.3) is 5.89 Å². The van der Waals surface area contributed by atoms with Crippen LogP contribution in [-0.4, -0.2) is 28.7 Å². The van der Waals surface area contributed by atoms with E-state index < -0.39 is 0 Å². The van der Waals surface area contributed by atoms with Gasteiger partial charge in [0.2, 0.25) is 5.89 Å². The number of nitrogens with zero attached hydrogens (tertiary/aromatic N) is 3. The molecular weight excluding hydrogens is 313 g/mol. The van der Waals surface area contributed by atoms with Crippen molar-refractivity contribution in [3.8, 4) is 10.8 Å². The normalized spacial score (nSPS) is 12.7. The Morgan fingerprint density at radius 2 is 2.00 bits per heavy atom. The topological polar surface area (TPSA) is 42.2 Å². The number of hydrogen-bond acceptors (Lipinski definition) is 5. The lowest BCUT2D eigenvalue weighted by Crippen LogP contribution is -2.25. The standard InChI is InChI=1S/C17H18FN3OS/c1-12(16-19-20-17(22-16)15-4-3-11-23-15)21(2)10-9-13-5-7-14(18)8-6-13/h3-8,11-12H,9-10H2,1-2H3/t12-/m0/s1. The van der Waals surface area contributed by atoms with Gasteiger partial charge < -0.3 is 4.42 Å². The molecule has 2 aromatic heterocycles. The zero-order valence-electron chi connectivity index (χ0n) is 13.1. The highest BCUT2D eigenvalue weighted by molar-refractivity contribution is 7.13. The Morgan fingerprint density at radius 3 is 2.70 bits per heavy atom. The van der Waals surface area contributed by atoms with E-state index in [0.717, 1.165) is 23.4 Å². The summed E-state index contributed by atoms with van der Waals surface area (Å²) in [6.45, 7) is 2.86. The summed E-state index contributed by atoms with van der Waals surface area (Å²) < 4.78 is 18.7. The molecular formula is C17H18FN3OS. The van der Waals surface area contributed by atoms with E-state index in [1.807, 2.05) is 43.6 Å². The minimum atomic E-state index is -0.206. The maximum Gasteiger partial charge on any atom is 0.257 e. The van der Waals surface area contributed by atoms with Gasteiger partial charge in [-0.25, -0.2) is 4.39 Å². The summed E-state index contributed by atoms with van der Waals surface area (Å²) in [5.74, 6) is 0.964. The number of aromatic nitrogens is 2. The van der Waals surface area contributed by atoms with E-state index in [2.05, 4.69) is 15.1 Å². The molecule has 0 aliphatic heterocycles. The van der Waals surface area contributed by atoms with Crippen molar-refractivity contribution in [2.24, 2.45) is 0 Å². The fourth-order valence-electron chi connectivity index (χ4n) is 2.24. The zero-order chi connectivity index (χ0) is 16.2. The van der Waals surface area contributed by atoms with Gasteiger partial charge >= 0.3 is 0 Å². The monoisotopic (exact) mass is 331 g/mol. The molecule has 0 fully saturated rings. The Balaban J connectivity index is 1.61. The van der Waals surface area contributed by atoms with Crippen molar-refractivity contribution in [3.63, 3.8) is 0 Å². The second-order valence-corrected chi connectivity index (χ2v) is 6.40. The van der Waals surface area contributed by atoms with Gasteiger partial charge in [0.1, 0.15) is 5.82 Å². The van der Waals surface area contributed by atoms with Crippen molar-refractivity contribution in [1.29, 1.82) is 0 Å². The number of rotatable bonds is 6. The molecule has 0 saturated carbocycles. The average molecular weight is 331 g/mol. The largest absolute Gasteiger partial charge is 0.418 e. The number of likely N-dealkylation sites (N-methyl/N-ethyl adjacent to an activating group) is 1. The molecule has 1 aromatic carbocycles. The highest BCUT2D eigenvalue weighted by Gasteiger charge is 2.19. The van der Waals surface area contributed by atoms with Gasteiger partial charge in [0.05, 0.1) is 10.9 Å². The maximum absolute atomic E-state index is 12.9. The van der Waals surface area contributed by atoms with Gasteiger partial charge in [-0.3, -0.25) is 4.90 Å². The van der Waals surface area contributed by atoms with Gasteiger partial charge in [-0.2, -0.15) is 0 Å². The van der Waals surface area contributed by atoms with Gasteiger partial charge in [0, 0.05) is 6.54 Å². The third-order valence-corrected chi connectivity index (χ3v) is 4.72. The van der Waals surface area contributed by atoms with Gasteiger partial charge in [-0.05, 0) is 49.5 Å². The van der Waals surface area contributed by atoms with Crippen LogP contribution in [0.1, 0.15) is 24.4 Å². The molecule has 120 valence electrons. The van der Waals surface area contributed by atoms with E-state index in [0.29, 0.717) is 11.8 Å². The first-order valence-corrected chi connectivity index (χ1v) is 8.33. The van der Waals surface area contributed by atoms with Crippen LogP contribution in [0.4, 0.5) is 4.39 Å². The molecule has 0 bridgehead atoms. The maximum atomic E-state index is 12.9. The lowest BCUT2D eigenvalue weighted by molar-refractivity contribution is 0.228. The Labute approximate surface area is 138 Å². The fraction of sp³-hybridized carbons (Fsp3) is 0.294. The molecule has 3 aromatic rings. The van der Waals surface area contributed by atoms with Gasteiger partial charge in [0.15, 0.2) is 0 Å². The van der Waals surface area contributed by atoms with Crippen molar-refractivity contribution >= 4 is 11.3 Å². The van der Waals surface area contributed by atoms with E-state index in [4.69, 9.17) is 4.42 Å². The summed E-state index contributed by atoms with van der Waals surface area (Å²) in [5, 5.41) is 10.3. The van der Waals surface area contributed by atoms with Crippen LogP contribution in [0.25, 0.3) is 10.8 Å². The second-order valence-electron chi connectivity index (χ2n) is 5.46. The molecule has 0 aliphatic rings. The summed E-state index contributed by atoms with van der Waals surface area (Å²) in [6, 6.07) is 10.6. The molecule has 0 radical (unpaired) electrons. The third-order valence-electron chi connectivity index (χ3n) is 3.86. The van der Waals surface area contributed by atoms with E-state index in [9.17, 15) is 4.39 Å². The van der Waals surface area contributed by atoms with Crippen LogP contribution in [0.3, 0.4) is 0 Å². The first-order chi connectivity index (χ1) is 11.1. The summed E-state index contributed by atoms with van der Waals surface area (Å²) in [4.78, 5) is 3.12. The highest BCUT2D eigenvalue weighted by Crippen LogP contribution is 2.26. The van der Waals surface area contributed by atoms with Crippen molar-refractivity contribution in [3.05, 3.63) is 59.0 Å². The molecule has 0 saturated heterocycles. The van der Waals surface area contributed by atoms with Crippen molar-refractivity contribution in [1.82, 2.24) is 15.1 Å². The Hall–Kier alpha value is -2.05. The fourth-order valence-corrected chi connectivity index (χ4v) is 2.89. The minimum absolute atomic E-state index is 0.0247. The SMILES string of the molecule is C[C@@H](c1nnc(-c2cccs2)o1)N(C)CCc1ccc(F)cc1. The Morgan fingerprint density at radius 1 is 1.22 bits per heavy atom. The van der Waals surface area contributed by atoms with Crippen LogP contribution < -0.4 is 0 Å². The highest BCUT2D eigenvalue weighted by atomic mass is 32.1. The van der Waals surface area contributed by atoms with Crippen LogP contribution >= 0.6 is 11.3 Å². The molecule has 23 heavy (non-hydrogen) atoms. The molecule has 4 nitrogen and oxygen atoms in total. The van der Waals surface area contributed by atoms with Crippen molar-refractivity contribution in [2.75, 3.05) is 13.6 Å². The molecule has 0 N–H and O–H groups in total. The van der Waals surface area contributed by atoms with Crippen LogP contribution in [0.2, 0.25) is 0 Å². The second kappa shape index (κ2) is 7.02. The molecule has 0 spiro atoms. The quantitative estimate of drug-likeness (QED) is 0.680. The molecule has 3 rings (SSSR count). The molecule has 0 amide bonds. The average Bonchev–Trinajstić information content (AvgIpc) is 3.24. The number of hydrogen-bond donors (Lipinski definition) is 0. The zero-order valence-corrected chi connectivity index (χ0v) is 13.9. The number of halogens is 1. The number of thiophene rings is 1. The smallest absolute Gasteiger partial charge is 0.257 e. The van der Waals surface area contributed by atoms with Crippen molar-refractivity contribution < 1.29 is 8.81 Å². The first kappa shape index (κ1) is 15.8. The summed E-state index contributed by atoms with van der Waals surface area (Å²) in [6.07, 6.45) is 0.840. The summed E-state index contributed by atoms with van der Waals surface area (Å²) in [5.41, 5.74) is 1.11. The Bertz CT molecular complexity index is 740. The van der Waals surface area contributed by atoms with Gasteiger partial charge in [-0.1, -0.05) is 18.2 Å². The lowest BCUT2D eigenvalue weighted by Gasteiger charge is -2.21. The van der Waals surface area contributed by atoms with E-state index in [1.165, 1.54) is 12.1 Å². The predicted molar refractivity (Wildman–Crippen MR) is 88.8 cm³/mol. The van der Waals surface area contributed by atoms with Crippen LogP contribution in [0, 0.1) is 5.82 Å². The van der Waals surface area contributed by atoms with E-state index in [-0.39, 0.29) is 11.9 Å². The molecule has 0 aliphatic carbocycles. The van der Waals surface area contributed by atoms with Gasteiger partial charge in [-0.15, -0.1) is 21.5 Å². The van der Waals surface area contributed by atoms with Crippen LogP contribution in [-0.2, 0) is 6.42 Å². The van der Waals surface area contributed by atoms with Crippen molar-refractivity contribution in [2.45, 2.75) is 19.4 Å². The summed E-state index contributed by atoms with van der Waals surface area (Å²) in [7, 11) is 2.02.